The molecule has 1 heterocycles. The van der Waals surface area contributed by atoms with Gasteiger partial charge in [-0.1, -0.05) is 41.9 Å². The van der Waals surface area contributed by atoms with Crippen molar-refractivity contribution in [2.24, 2.45) is 5.84 Å². The summed E-state index contributed by atoms with van der Waals surface area (Å²) in [4.78, 5) is 0. The maximum absolute atomic E-state index is 6.42. The van der Waals surface area contributed by atoms with E-state index in [1.807, 2.05) is 30.3 Å². The number of rotatable bonds is 3. The topological polar surface area (TPSA) is 47.3 Å². The Kier molecular flexibility index (Phi) is 4.50. The number of nitrogens with two attached hydrogens (primary N) is 1. The Balaban J connectivity index is 2.11. The fraction of sp³-hybridized carbons (Fsp3) is 0.250. The molecule has 0 radical (unpaired) electrons. The minimum atomic E-state index is -0.206. The molecule has 2 aromatic rings. The quantitative estimate of drug-likeness (QED) is 0.637. The number of nitrogens with one attached hydrogen (secondary N) is 1. The van der Waals surface area contributed by atoms with Crippen LogP contribution in [0.2, 0.25) is 5.02 Å². The van der Waals surface area contributed by atoms with Gasteiger partial charge in [0.15, 0.2) is 0 Å². The molecule has 1 unspecified atom stereocenters. The van der Waals surface area contributed by atoms with Crippen LogP contribution in [0, 0.1) is 0 Å². The van der Waals surface area contributed by atoms with Gasteiger partial charge in [0.25, 0.3) is 0 Å². The van der Waals surface area contributed by atoms with Crippen LogP contribution in [-0.4, -0.2) is 6.61 Å². The fourth-order valence-electron chi connectivity index (χ4n) is 2.73. The number of ether oxygens (including phenoxy) is 1. The van der Waals surface area contributed by atoms with Crippen molar-refractivity contribution in [1.82, 2.24) is 5.43 Å². The SMILES string of the molecule is NNC(c1cccc(Br)c1Cl)c1cccc2c1OCCC2. The lowest BCUT2D eigenvalue weighted by molar-refractivity contribution is 0.283. The maximum atomic E-state index is 6.42. The summed E-state index contributed by atoms with van der Waals surface area (Å²) in [5.74, 6) is 6.74. The van der Waals surface area contributed by atoms with Crippen LogP contribution in [0.25, 0.3) is 0 Å². The van der Waals surface area contributed by atoms with Crippen molar-refractivity contribution in [3.63, 3.8) is 0 Å². The molecular formula is C16H16BrClN2O. The molecule has 3 nitrogen and oxygen atoms in total. The summed E-state index contributed by atoms with van der Waals surface area (Å²) in [5, 5.41) is 0.661. The zero-order chi connectivity index (χ0) is 14.8. The average Bonchev–Trinajstić information content (AvgIpc) is 2.52. The zero-order valence-corrected chi connectivity index (χ0v) is 13.7. The summed E-state index contributed by atoms with van der Waals surface area (Å²) in [5.41, 5.74) is 6.04. The second-order valence-corrected chi connectivity index (χ2v) is 6.26. The molecule has 2 aromatic carbocycles. The zero-order valence-electron chi connectivity index (χ0n) is 11.4. The third-order valence-electron chi connectivity index (χ3n) is 3.73. The largest absolute Gasteiger partial charge is 0.493 e. The highest BCUT2D eigenvalue weighted by atomic mass is 79.9. The van der Waals surface area contributed by atoms with Gasteiger partial charge < -0.3 is 4.74 Å². The maximum Gasteiger partial charge on any atom is 0.127 e. The lowest BCUT2D eigenvalue weighted by atomic mass is 9.94. The van der Waals surface area contributed by atoms with Gasteiger partial charge in [-0.2, -0.15) is 0 Å². The number of aryl methyl sites for hydroxylation is 1. The number of halogens is 2. The second-order valence-electron chi connectivity index (χ2n) is 5.03. The van der Waals surface area contributed by atoms with Crippen molar-refractivity contribution >= 4 is 27.5 Å². The third kappa shape index (κ3) is 2.81. The standard InChI is InChI=1S/C16H16BrClN2O/c17-13-8-2-6-11(14(13)18)15(20-19)12-7-1-4-10-5-3-9-21-16(10)12/h1-2,4,6-8,15,20H,3,5,9,19H2. The van der Waals surface area contributed by atoms with Gasteiger partial charge >= 0.3 is 0 Å². The Bertz CT molecular complexity index is 663. The minimum absolute atomic E-state index is 0.206. The van der Waals surface area contributed by atoms with Crippen LogP contribution >= 0.6 is 27.5 Å². The van der Waals surface area contributed by atoms with E-state index in [9.17, 15) is 0 Å². The second kappa shape index (κ2) is 6.36. The van der Waals surface area contributed by atoms with E-state index in [0.29, 0.717) is 5.02 Å². The third-order valence-corrected chi connectivity index (χ3v) is 5.04. The molecule has 0 amide bonds. The lowest BCUT2D eigenvalue weighted by Gasteiger charge is -2.25. The van der Waals surface area contributed by atoms with Gasteiger partial charge in [-0.15, -0.1) is 0 Å². The lowest BCUT2D eigenvalue weighted by Crippen LogP contribution is -2.30. The normalized spacial score (nSPS) is 15.2. The highest BCUT2D eigenvalue weighted by Gasteiger charge is 2.23. The van der Waals surface area contributed by atoms with E-state index >= 15 is 0 Å². The molecule has 0 saturated heterocycles. The Morgan fingerprint density at radius 3 is 2.76 bits per heavy atom. The van der Waals surface area contributed by atoms with Gasteiger partial charge in [0, 0.05) is 10.0 Å². The number of hydrogen-bond acceptors (Lipinski definition) is 3. The van der Waals surface area contributed by atoms with Crippen molar-refractivity contribution in [1.29, 1.82) is 0 Å². The Morgan fingerprint density at radius 2 is 1.95 bits per heavy atom. The monoisotopic (exact) mass is 366 g/mol. The number of hydrogen-bond donors (Lipinski definition) is 2. The van der Waals surface area contributed by atoms with Gasteiger partial charge in [0.05, 0.1) is 17.7 Å². The molecule has 0 aliphatic carbocycles. The Labute approximate surface area is 137 Å². The van der Waals surface area contributed by atoms with Gasteiger partial charge in [-0.05, 0) is 46.0 Å². The van der Waals surface area contributed by atoms with Crippen LogP contribution in [0.1, 0.15) is 29.2 Å². The summed E-state index contributed by atoms with van der Waals surface area (Å²) >= 11 is 9.88. The van der Waals surface area contributed by atoms with Crippen molar-refractivity contribution in [3.05, 3.63) is 62.6 Å². The van der Waals surface area contributed by atoms with E-state index in [1.54, 1.807) is 0 Å². The molecule has 3 N–H and O–H groups in total. The molecule has 1 atom stereocenters. The molecule has 5 heteroatoms. The van der Waals surface area contributed by atoms with Crippen molar-refractivity contribution in [2.75, 3.05) is 6.61 Å². The molecule has 0 spiro atoms. The van der Waals surface area contributed by atoms with E-state index in [2.05, 4.69) is 27.4 Å². The number of para-hydroxylation sites is 1. The van der Waals surface area contributed by atoms with E-state index in [1.165, 1.54) is 5.56 Å². The van der Waals surface area contributed by atoms with E-state index in [0.717, 1.165) is 40.8 Å². The van der Waals surface area contributed by atoms with Gasteiger partial charge in [-0.3, -0.25) is 5.84 Å². The summed E-state index contributed by atoms with van der Waals surface area (Å²) < 4.78 is 6.73. The molecular weight excluding hydrogens is 352 g/mol. The minimum Gasteiger partial charge on any atom is -0.493 e. The molecule has 0 aromatic heterocycles. The first-order valence-corrected chi connectivity index (χ1v) is 8.04. The highest BCUT2D eigenvalue weighted by Crippen LogP contribution is 2.39. The average molecular weight is 368 g/mol. The Hall–Kier alpha value is -1.07. The molecule has 110 valence electrons. The predicted octanol–water partition coefficient (Wildman–Crippen LogP) is 3.98. The van der Waals surface area contributed by atoms with Crippen LogP contribution in [0.4, 0.5) is 0 Å². The van der Waals surface area contributed by atoms with Crippen LogP contribution < -0.4 is 16.0 Å². The van der Waals surface area contributed by atoms with Crippen LogP contribution in [0.3, 0.4) is 0 Å². The summed E-state index contributed by atoms with van der Waals surface area (Å²) in [6, 6.07) is 11.8. The van der Waals surface area contributed by atoms with Crippen molar-refractivity contribution in [3.8, 4) is 5.75 Å². The van der Waals surface area contributed by atoms with Crippen LogP contribution in [0.15, 0.2) is 40.9 Å². The first kappa shape index (κ1) is 14.9. The van der Waals surface area contributed by atoms with Crippen LogP contribution in [-0.2, 0) is 6.42 Å². The first-order valence-electron chi connectivity index (χ1n) is 6.87. The molecule has 3 rings (SSSR count). The summed E-state index contributed by atoms with van der Waals surface area (Å²) in [6.45, 7) is 0.744. The van der Waals surface area contributed by atoms with Crippen molar-refractivity contribution < 1.29 is 4.74 Å². The van der Waals surface area contributed by atoms with Gasteiger partial charge in [0.1, 0.15) is 5.75 Å². The Morgan fingerprint density at radius 1 is 1.19 bits per heavy atom. The molecule has 1 aliphatic rings. The van der Waals surface area contributed by atoms with E-state index in [-0.39, 0.29) is 6.04 Å². The number of fused-ring (bicyclic) bond motifs is 1. The summed E-state index contributed by atoms with van der Waals surface area (Å²) in [7, 11) is 0. The molecule has 1 aliphatic heterocycles. The molecule has 0 fully saturated rings. The number of benzene rings is 2. The molecule has 0 bridgehead atoms. The van der Waals surface area contributed by atoms with Gasteiger partial charge in [0.2, 0.25) is 0 Å². The fourth-order valence-corrected chi connectivity index (χ4v) is 3.35. The van der Waals surface area contributed by atoms with E-state index < -0.39 is 0 Å². The van der Waals surface area contributed by atoms with E-state index in [4.69, 9.17) is 22.2 Å². The number of hydrazine groups is 1. The molecule has 0 saturated carbocycles. The first-order chi connectivity index (χ1) is 10.2. The predicted molar refractivity (Wildman–Crippen MR) is 88.6 cm³/mol. The molecule has 21 heavy (non-hydrogen) atoms. The smallest absolute Gasteiger partial charge is 0.127 e. The summed E-state index contributed by atoms with van der Waals surface area (Å²) in [6.07, 6.45) is 2.08. The highest BCUT2D eigenvalue weighted by molar-refractivity contribution is 9.10. The van der Waals surface area contributed by atoms with Crippen LogP contribution in [0.5, 0.6) is 5.75 Å². The van der Waals surface area contributed by atoms with Gasteiger partial charge in [-0.25, -0.2) is 5.43 Å². The van der Waals surface area contributed by atoms with Crippen molar-refractivity contribution in [2.45, 2.75) is 18.9 Å².